The number of carbonyl (C=O) groups is 2. The van der Waals surface area contributed by atoms with Crippen molar-refractivity contribution in [3.05, 3.63) is 47.0 Å². The number of aryl methyl sites for hydroxylation is 2. The van der Waals surface area contributed by atoms with Gasteiger partial charge in [-0.2, -0.15) is 0 Å². The second-order valence-corrected chi connectivity index (χ2v) is 9.86. The number of aromatic nitrogens is 4. The minimum absolute atomic E-state index is 0.203. The van der Waals surface area contributed by atoms with Gasteiger partial charge in [-0.25, -0.2) is 23.7 Å². The fourth-order valence-electron chi connectivity index (χ4n) is 5.04. The maximum absolute atomic E-state index is 13.7. The number of rotatable bonds is 8. The van der Waals surface area contributed by atoms with Crippen LogP contribution in [0.3, 0.4) is 0 Å². The maximum atomic E-state index is 13.7. The Morgan fingerprint density at radius 2 is 1.84 bits per heavy atom. The Labute approximate surface area is 217 Å². The van der Waals surface area contributed by atoms with Gasteiger partial charge in [0, 0.05) is 29.9 Å². The van der Waals surface area contributed by atoms with E-state index in [2.05, 4.69) is 25.8 Å². The van der Waals surface area contributed by atoms with Crippen LogP contribution in [0.2, 0.25) is 0 Å². The summed E-state index contributed by atoms with van der Waals surface area (Å²) in [4.78, 5) is 36.8. The number of carbonyl (C=O) groups excluding carboxylic acids is 1. The fourth-order valence-corrected chi connectivity index (χ4v) is 5.04. The molecule has 2 saturated carbocycles. The first-order chi connectivity index (χ1) is 18.2. The zero-order valence-corrected chi connectivity index (χ0v) is 21.0. The minimum Gasteiger partial charge on any atom is -0.481 e. The van der Waals surface area contributed by atoms with Gasteiger partial charge >= 0.3 is 5.97 Å². The summed E-state index contributed by atoms with van der Waals surface area (Å²) in [7, 11) is 0. The van der Waals surface area contributed by atoms with Gasteiger partial charge in [0.2, 0.25) is 11.9 Å². The van der Waals surface area contributed by atoms with Crippen LogP contribution < -0.4 is 10.6 Å². The van der Waals surface area contributed by atoms with E-state index in [9.17, 15) is 18.4 Å². The summed E-state index contributed by atoms with van der Waals surface area (Å²) in [6, 6.07) is 5.06. The smallest absolute Gasteiger partial charge is 0.313 e. The largest absolute Gasteiger partial charge is 0.481 e. The normalized spacial score (nSPS) is 20.6. The second-order valence-electron chi connectivity index (χ2n) is 9.86. The molecule has 200 valence electrons. The Morgan fingerprint density at radius 1 is 1.08 bits per heavy atom. The van der Waals surface area contributed by atoms with E-state index in [1.807, 2.05) is 6.07 Å². The SMILES string of the molecule is Cc1nc(-c2onc(C)c2CNc2nccc(C3CCCCC3)n2)ccc1NC(=O)C1C(C(=O)O)C1(F)F. The van der Waals surface area contributed by atoms with Crippen molar-refractivity contribution in [1.29, 1.82) is 0 Å². The number of halogens is 2. The molecule has 0 saturated heterocycles. The molecule has 12 heteroatoms. The molecule has 3 N–H and O–H groups in total. The zero-order chi connectivity index (χ0) is 27.0. The van der Waals surface area contributed by atoms with Gasteiger partial charge in [-0.3, -0.25) is 9.59 Å². The molecule has 2 aliphatic rings. The highest BCUT2D eigenvalue weighted by molar-refractivity contribution is 6.00. The van der Waals surface area contributed by atoms with Crippen molar-refractivity contribution in [2.45, 2.75) is 64.3 Å². The van der Waals surface area contributed by atoms with Crippen molar-refractivity contribution in [1.82, 2.24) is 20.1 Å². The molecular formula is C26H28F2N6O4. The first kappa shape index (κ1) is 25.7. The quantitative estimate of drug-likeness (QED) is 0.380. The van der Waals surface area contributed by atoms with Crippen molar-refractivity contribution >= 4 is 23.5 Å². The molecule has 5 rings (SSSR count). The summed E-state index contributed by atoms with van der Waals surface area (Å²) in [5.74, 6) is -8.88. The Kier molecular flexibility index (Phi) is 6.80. The maximum Gasteiger partial charge on any atom is 0.313 e. The lowest BCUT2D eigenvalue weighted by molar-refractivity contribution is -0.141. The summed E-state index contributed by atoms with van der Waals surface area (Å²) >= 11 is 0. The van der Waals surface area contributed by atoms with E-state index in [1.54, 1.807) is 26.1 Å². The van der Waals surface area contributed by atoms with Gasteiger partial charge in [0.25, 0.3) is 5.92 Å². The van der Waals surface area contributed by atoms with E-state index < -0.39 is 29.6 Å². The average Bonchev–Trinajstić information content (AvgIpc) is 3.31. The summed E-state index contributed by atoms with van der Waals surface area (Å²) in [5.41, 5.74) is 3.44. The molecule has 1 amide bonds. The number of nitrogens with zero attached hydrogens (tertiary/aromatic N) is 4. The molecule has 10 nitrogen and oxygen atoms in total. The number of hydrogen-bond acceptors (Lipinski definition) is 8. The number of alkyl halides is 2. The Hall–Kier alpha value is -3.96. The minimum atomic E-state index is -3.57. The van der Waals surface area contributed by atoms with E-state index >= 15 is 0 Å². The van der Waals surface area contributed by atoms with Crippen molar-refractivity contribution in [3.63, 3.8) is 0 Å². The number of aliphatic carboxylic acids is 1. The molecule has 0 spiro atoms. The van der Waals surface area contributed by atoms with E-state index in [0.717, 1.165) is 24.1 Å². The topological polar surface area (TPSA) is 143 Å². The van der Waals surface area contributed by atoms with E-state index in [4.69, 9.17) is 14.6 Å². The first-order valence-electron chi connectivity index (χ1n) is 12.6. The van der Waals surface area contributed by atoms with Crippen LogP contribution in [-0.4, -0.2) is 43.0 Å². The number of anilines is 2. The van der Waals surface area contributed by atoms with Crippen LogP contribution in [0.25, 0.3) is 11.5 Å². The molecule has 3 heterocycles. The lowest BCUT2D eigenvalue weighted by Gasteiger charge is -2.21. The number of pyridine rings is 1. The van der Waals surface area contributed by atoms with Crippen LogP contribution in [0.15, 0.2) is 28.9 Å². The lowest BCUT2D eigenvalue weighted by Crippen LogP contribution is -2.19. The van der Waals surface area contributed by atoms with E-state index in [0.29, 0.717) is 41.3 Å². The highest BCUT2D eigenvalue weighted by Crippen LogP contribution is 2.55. The monoisotopic (exact) mass is 526 g/mol. The lowest BCUT2D eigenvalue weighted by atomic mass is 9.87. The molecule has 2 aliphatic carbocycles. The summed E-state index contributed by atoms with van der Waals surface area (Å²) in [5, 5.41) is 18.6. The van der Waals surface area contributed by atoms with Crippen LogP contribution in [0, 0.1) is 25.7 Å². The van der Waals surface area contributed by atoms with Crippen LogP contribution in [-0.2, 0) is 16.1 Å². The number of carboxylic acid groups (broad SMARTS) is 1. The van der Waals surface area contributed by atoms with E-state index in [-0.39, 0.29) is 5.69 Å². The van der Waals surface area contributed by atoms with Gasteiger partial charge in [0.05, 0.1) is 17.1 Å². The number of carboxylic acids is 1. The summed E-state index contributed by atoms with van der Waals surface area (Å²) in [6.45, 7) is 3.75. The van der Waals surface area contributed by atoms with Crippen LogP contribution in [0.1, 0.15) is 60.7 Å². The molecule has 2 fully saturated rings. The highest BCUT2D eigenvalue weighted by atomic mass is 19.3. The van der Waals surface area contributed by atoms with Crippen LogP contribution in [0.5, 0.6) is 0 Å². The molecule has 0 radical (unpaired) electrons. The molecule has 0 aromatic carbocycles. The van der Waals surface area contributed by atoms with Crippen molar-refractivity contribution in [2.24, 2.45) is 11.8 Å². The van der Waals surface area contributed by atoms with Crippen molar-refractivity contribution in [2.75, 3.05) is 10.6 Å². The van der Waals surface area contributed by atoms with Crippen molar-refractivity contribution < 1.29 is 28.0 Å². The molecule has 0 bridgehead atoms. The first-order valence-corrected chi connectivity index (χ1v) is 12.6. The molecule has 3 aromatic rings. The Balaban J connectivity index is 1.28. The standard InChI is InChI=1S/C26H28F2N6O4/c1-13-16(12-30-25-29-11-10-18(33-25)15-6-4-3-5-7-15)22(38-34-13)19-9-8-17(14(2)31-19)32-23(35)20-21(24(36)37)26(20,27)28/h8-11,15,20-21H,3-7,12H2,1-2H3,(H,32,35)(H,36,37)(H,29,30,33). The van der Waals surface area contributed by atoms with Gasteiger partial charge in [-0.05, 0) is 44.9 Å². The predicted octanol–water partition coefficient (Wildman–Crippen LogP) is 4.71. The fraction of sp³-hybridized carbons (Fsp3) is 0.462. The Bertz CT molecular complexity index is 1370. The third kappa shape index (κ3) is 4.94. The predicted molar refractivity (Wildman–Crippen MR) is 133 cm³/mol. The molecule has 2 unspecified atom stereocenters. The second kappa shape index (κ2) is 10.1. The third-order valence-electron chi connectivity index (χ3n) is 7.29. The number of nitrogens with one attached hydrogen (secondary N) is 2. The average molecular weight is 527 g/mol. The molecule has 0 aliphatic heterocycles. The summed E-state index contributed by atoms with van der Waals surface area (Å²) < 4.78 is 33.0. The van der Waals surface area contributed by atoms with Crippen LogP contribution in [0.4, 0.5) is 20.4 Å². The van der Waals surface area contributed by atoms with Gasteiger partial charge < -0.3 is 20.3 Å². The van der Waals surface area contributed by atoms with E-state index in [1.165, 1.54) is 25.3 Å². The van der Waals surface area contributed by atoms with Gasteiger partial charge in [0.15, 0.2) is 5.76 Å². The molecule has 2 atom stereocenters. The summed E-state index contributed by atoms with van der Waals surface area (Å²) in [6.07, 6.45) is 7.72. The Morgan fingerprint density at radius 3 is 2.53 bits per heavy atom. The third-order valence-corrected chi connectivity index (χ3v) is 7.29. The number of hydrogen-bond donors (Lipinski definition) is 3. The zero-order valence-electron chi connectivity index (χ0n) is 21.0. The highest BCUT2D eigenvalue weighted by Gasteiger charge is 2.76. The van der Waals surface area contributed by atoms with Gasteiger partial charge in [-0.15, -0.1) is 0 Å². The van der Waals surface area contributed by atoms with Crippen molar-refractivity contribution in [3.8, 4) is 11.5 Å². The van der Waals surface area contributed by atoms with Gasteiger partial charge in [-0.1, -0.05) is 24.4 Å². The molecular weight excluding hydrogens is 498 g/mol. The number of amides is 1. The molecule has 3 aromatic heterocycles. The van der Waals surface area contributed by atoms with Crippen LogP contribution >= 0.6 is 0 Å². The van der Waals surface area contributed by atoms with Gasteiger partial charge in [0.1, 0.15) is 17.5 Å². The molecule has 38 heavy (non-hydrogen) atoms.